The molecule has 7 heteroatoms. The van der Waals surface area contributed by atoms with Gasteiger partial charge in [-0.1, -0.05) is 6.92 Å². The maximum atomic E-state index is 11.5. The zero-order valence-electron chi connectivity index (χ0n) is 12.8. The third kappa shape index (κ3) is 7.09. The summed E-state index contributed by atoms with van der Waals surface area (Å²) in [5, 5.41) is 10.7. The average molecular weight is 318 g/mol. The number of hydrogen-bond acceptors (Lipinski definition) is 6. The zero-order valence-corrected chi connectivity index (χ0v) is 12.8. The van der Waals surface area contributed by atoms with Gasteiger partial charge in [-0.05, 0) is 24.3 Å². The van der Waals surface area contributed by atoms with E-state index in [9.17, 15) is 14.4 Å². The molecule has 0 radical (unpaired) electrons. The fourth-order valence-electron chi connectivity index (χ4n) is 1.58. The van der Waals surface area contributed by atoms with Crippen LogP contribution in [0.4, 0.5) is 0 Å². The van der Waals surface area contributed by atoms with Crippen molar-refractivity contribution in [1.82, 2.24) is 5.32 Å². The molecule has 0 aliphatic rings. The van der Waals surface area contributed by atoms with E-state index < -0.39 is 18.5 Å². The predicted molar refractivity (Wildman–Crippen MR) is 80.8 cm³/mol. The summed E-state index contributed by atoms with van der Waals surface area (Å²) in [5.74, 6) is -0.711. The van der Waals surface area contributed by atoms with Crippen LogP contribution in [-0.4, -0.2) is 37.4 Å². The van der Waals surface area contributed by atoms with E-state index in [0.717, 1.165) is 0 Å². The van der Waals surface area contributed by atoms with Crippen LogP contribution in [0, 0.1) is 11.3 Å². The van der Waals surface area contributed by atoms with Crippen molar-refractivity contribution in [3.63, 3.8) is 0 Å². The van der Waals surface area contributed by atoms with Gasteiger partial charge in [0.25, 0.3) is 5.91 Å². The van der Waals surface area contributed by atoms with E-state index in [1.807, 2.05) is 6.07 Å². The van der Waals surface area contributed by atoms with Crippen LogP contribution >= 0.6 is 0 Å². The van der Waals surface area contributed by atoms with Gasteiger partial charge in [-0.15, -0.1) is 0 Å². The van der Waals surface area contributed by atoms with Crippen LogP contribution in [0.1, 0.15) is 30.1 Å². The molecule has 0 bridgehead atoms. The molecule has 1 amide bonds. The van der Waals surface area contributed by atoms with Gasteiger partial charge in [0.15, 0.2) is 19.0 Å². The maximum Gasteiger partial charge on any atom is 0.344 e. The van der Waals surface area contributed by atoms with Crippen molar-refractivity contribution in [1.29, 1.82) is 5.26 Å². The van der Waals surface area contributed by atoms with Crippen molar-refractivity contribution in [2.24, 2.45) is 0 Å². The topological polar surface area (TPSA) is 105 Å². The van der Waals surface area contributed by atoms with Crippen LogP contribution in [-0.2, 0) is 14.3 Å². The van der Waals surface area contributed by atoms with Crippen molar-refractivity contribution in [2.45, 2.75) is 19.8 Å². The first-order valence-electron chi connectivity index (χ1n) is 7.12. The molecular weight excluding hydrogens is 300 g/mol. The number of Topliss-reactive ketones (excluding diaryl/α,β-unsaturated/α-hetero) is 1. The molecule has 0 unspecified atom stereocenters. The lowest BCUT2D eigenvalue weighted by Crippen LogP contribution is -2.30. The van der Waals surface area contributed by atoms with E-state index in [4.69, 9.17) is 14.7 Å². The largest absolute Gasteiger partial charge is 0.482 e. The summed E-state index contributed by atoms with van der Waals surface area (Å²) in [5.41, 5.74) is 0.580. The first-order chi connectivity index (χ1) is 11.1. The summed E-state index contributed by atoms with van der Waals surface area (Å²) >= 11 is 0. The minimum absolute atomic E-state index is 0.0263. The Kier molecular flexibility index (Phi) is 7.86. The van der Waals surface area contributed by atoms with Gasteiger partial charge in [0.05, 0.1) is 12.5 Å². The number of nitrogens with zero attached hydrogens (tertiary/aromatic N) is 1. The summed E-state index contributed by atoms with van der Waals surface area (Å²) in [4.78, 5) is 34.2. The van der Waals surface area contributed by atoms with Crippen molar-refractivity contribution < 1.29 is 23.9 Å². The Labute approximate surface area is 134 Å². The molecule has 0 heterocycles. The summed E-state index contributed by atoms with van der Waals surface area (Å²) in [6.45, 7) is 1.23. The number of benzene rings is 1. The van der Waals surface area contributed by atoms with Crippen molar-refractivity contribution >= 4 is 17.7 Å². The van der Waals surface area contributed by atoms with Gasteiger partial charge in [-0.3, -0.25) is 9.59 Å². The first kappa shape index (κ1) is 18.2. The van der Waals surface area contributed by atoms with Gasteiger partial charge in [0.2, 0.25) is 0 Å². The van der Waals surface area contributed by atoms with Crippen molar-refractivity contribution in [3.8, 4) is 11.8 Å². The minimum Gasteiger partial charge on any atom is -0.482 e. The Morgan fingerprint density at radius 2 is 1.87 bits per heavy atom. The Bertz CT molecular complexity index is 589. The minimum atomic E-state index is -0.686. The Balaban J connectivity index is 2.29. The number of nitriles is 1. The van der Waals surface area contributed by atoms with Gasteiger partial charge in [-0.2, -0.15) is 5.26 Å². The third-order valence-electron chi connectivity index (χ3n) is 2.78. The van der Waals surface area contributed by atoms with Crippen LogP contribution in [0.2, 0.25) is 0 Å². The van der Waals surface area contributed by atoms with Gasteiger partial charge in [-0.25, -0.2) is 4.79 Å². The lowest BCUT2D eigenvalue weighted by atomic mass is 10.1. The number of ether oxygens (including phenoxy) is 2. The number of rotatable bonds is 9. The summed E-state index contributed by atoms with van der Waals surface area (Å²) in [7, 11) is 0. The second-order valence-electron chi connectivity index (χ2n) is 4.51. The highest BCUT2D eigenvalue weighted by atomic mass is 16.6. The van der Waals surface area contributed by atoms with Gasteiger partial charge >= 0.3 is 5.97 Å². The summed E-state index contributed by atoms with van der Waals surface area (Å²) in [6.07, 6.45) is 0.613. The van der Waals surface area contributed by atoms with E-state index >= 15 is 0 Å². The van der Waals surface area contributed by atoms with Crippen LogP contribution in [0.15, 0.2) is 24.3 Å². The Hall–Kier alpha value is -2.88. The van der Waals surface area contributed by atoms with Crippen LogP contribution < -0.4 is 10.1 Å². The number of amides is 1. The second-order valence-corrected chi connectivity index (χ2v) is 4.51. The molecule has 1 aromatic carbocycles. The number of esters is 1. The van der Waals surface area contributed by atoms with Gasteiger partial charge < -0.3 is 14.8 Å². The van der Waals surface area contributed by atoms with E-state index in [1.54, 1.807) is 31.2 Å². The second kappa shape index (κ2) is 9.95. The number of carbonyl (C=O) groups is 3. The number of carbonyl (C=O) groups excluding carboxylic acids is 3. The average Bonchev–Trinajstić information content (AvgIpc) is 2.58. The van der Waals surface area contributed by atoms with E-state index in [-0.39, 0.29) is 25.4 Å². The highest BCUT2D eigenvalue weighted by molar-refractivity contribution is 5.95. The summed E-state index contributed by atoms with van der Waals surface area (Å²) in [6, 6.07) is 8.29. The molecule has 7 nitrogen and oxygen atoms in total. The monoisotopic (exact) mass is 318 g/mol. The molecule has 0 saturated carbocycles. The fourth-order valence-corrected chi connectivity index (χ4v) is 1.58. The molecule has 23 heavy (non-hydrogen) atoms. The predicted octanol–water partition coefficient (Wildman–Crippen LogP) is 1.23. The molecule has 1 rings (SSSR count). The quantitative estimate of drug-likeness (QED) is 0.417. The van der Waals surface area contributed by atoms with E-state index in [2.05, 4.69) is 5.32 Å². The third-order valence-corrected chi connectivity index (χ3v) is 2.78. The maximum absolute atomic E-state index is 11.5. The van der Waals surface area contributed by atoms with E-state index in [0.29, 0.717) is 17.7 Å². The smallest absolute Gasteiger partial charge is 0.344 e. The normalized spacial score (nSPS) is 9.57. The van der Waals surface area contributed by atoms with Crippen LogP contribution in [0.3, 0.4) is 0 Å². The molecular formula is C16H18N2O5. The molecule has 1 aromatic rings. The van der Waals surface area contributed by atoms with Crippen LogP contribution in [0.25, 0.3) is 0 Å². The number of hydrogen-bond donors (Lipinski definition) is 1. The van der Waals surface area contributed by atoms with Crippen molar-refractivity contribution in [2.75, 3.05) is 19.8 Å². The molecule has 0 spiro atoms. The van der Waals surface area contributed by atoms with Crippen LogP contribution in [0.5, 0.6) is 5.75 Å². The highest BCUT2D eigenvalue weighted by Gasteiger charge is 2.09. The molecule has 0 aliphatic carbocycles. The molecule has 0 aromatic heterocycles. The molecule has 0 atom stereocenters. The summed E-state index contributed by atoms with van der Waals surface area (Å²) < 4.78 is 9.93. The van der Waals surface area contributed by atoms with E-state index in [1.165, 1.54) is 0 Å². The number of nitrogens with one attached hydrogen (secondary N) is 1. The van der Waals surface area contributed by atoms with Crippen molar-refractivity contribution in [3.05, 3.63) is 29.8 Å². The molecule has 0 fully saturated rings. The zero-order chi connectivity index (χ0) is 17.1. The van der Waals surface area contributed by atoms with Gasteiger partial charge in [0.1, 0.15) is 5.75 Å². The first-order valence-corrected chi connectivity index (χ1v) is 7.12. The SMILES string of the molecule is CCC(=O)c1ccc(OCC(=O)OCC(=O)NCCC#N)cc1. The lowest BCUT2D eigenvalue weighted by molar-refractivity contribution is -0.150. The Morgan fingerprint density at radius 1 is 1.17 bits per heavy atom. The molecule has 1 N–H and O–H groups in total. The standard InChI is InChI=1S/C16H18N2O5/c1-2-14(19)12-4-6-13(7-5-12)22-11-16(21)23-10-15(20)18-9-3-8-17/h4-7H,2-3,9-11H2,1H3,(H,18,20). The number of ketones is 1. The highest BCUT2D eigenvalue weighted by Crippen LogP contribution is 2.13. The Morgan fingerprint density at radius 3 is 2.48 bits per heavy atom. The van der Waals surface area contributed by atoms with Gasteiger partial charge in [0, 0.05) is 18.5 Å². The fraction of sp³-hybridized carbons (Fsp3) is 0.375. The molecule has 0 aliphatic heterocycles. The lowest BCUT2D eigenvalue weighted by Gasteiger charge is -2.07. The molecule has 122 valence electrons. The molecule has 0 saturated heterocycles.